The monoisotopic (exact) mass is 361 g/mol. The maximum absolute atomic E-state index is 12.7. The highest BCUT2D eigenvalue weighted by molar-refractivity contribution is 5.89. The van der Waals surface area contributed by atoms with Crippen LogP contribution >= 0.6 is 0 Å². The van der Waals surface area contributed by atoms with Crippen LogP contribution in [0.25, 0.3) is 16.8 Å². The molecule has 0 atom stereocenters. The zero-order valence-corrected chi connectivity index (χ0v) is 15.0. The number of aryl methyl sites for hydroxylation is 1. The minimum Gasteiger partial charge on any atom is -0.477 e. The van der Waals surface area contributed by atoms with Crippen molar-refractivity contribution in [3.63, 3.8) is 0 Å². The highest BCUT2D eigenvalue weighted by Gasteiger charge is 2.29. The molecule has 6 nitrogen and oxygen atoms in total. The van der Waals surface area contributed by atoms with Crippen LogP contribution < -0.4 is 10.9 Å². The highest BCUT2D eigenvalue weighted by Crippen LogP contribution is 2.43. The van der Waals surface area contributed by atoms with Gasteiger partial charge >= 0.3 is 5.97 Å². The average molecular weight is 361 g/mol. The third-order valence-corrected chi connectivity index (χ3v) is 5.65. The van der Waals surface area contributed by atoms with Crippen LogP contribution in [0.4, 0.5) is 0 Å². The summed E-state index contributed by atoms with van der Waals surface area (Å²) in [5, 5.41) is 12.7. The molecule has 0 radical (unpaired) electrons. The molecule has 0 bridgehead atoms. The van der Waals surface area contributed by atoms with Crippen molar-refractivity contribution >= 4 is 11.5 Å². The zero-order chi connectivity index (χ0) is 18.7. The molecule has 0 amide bonds. The lowest BCUT2D eigenvalue weighted by molar-refractivity contribution is 0.0694. The summed E-state index contributed by atoms with van der Waals surface area (Å²) in [5.74, 6) is -0.851. The largest absolute Gasteiger partial charge is 0.477 e. The molecule has 4 heterocycles. The highest BCUT2D eigenvalue weighted by atomic mass is 16.4. The van der Waals surface area contributed by atoms with Gasteiger partial charge in [0, 0.05) is 31.0 Å². The van der Waals surface area contributed by atoms with Crippen molar-refractivity contribution in [2.75, 3.05) is 0 Å². The number of aromatic nitrogens is 2. The second kappa shape index (κ2) is 5.76. The SMILES string of the molecule is Cc1c(-c2cc3c(cn2)CNC3)ccn2c(=O)c(C(=O)O)cc(C3CC3)c12. The van der Waals surface area contributed by atoms with E-state index in [1.54, 1.807) is 12.3 Å². The van der Waals surface area contributed by atoms with Crippen molar-refractivity contribution < 1.29 is 9.90 Å². The third-order valence-electron chi connectivity index (χ3n) is 5.65. The van der Waals surface area contributed by atoms with Gasteiger partial charge in [0.1, 0.15) is 5.56 Å². The molecule has 0 saturated heterocycles. The summed E-state index contributed by atoms with van der Waals surface area (Å²) in [6.07, 6.45) is 5.65. The minimum atomic E-state index is -1.18. The maximum Gasteiger partial charge on any atom is 0.341 e. The van der Waals surface area contributed by atoms with Crippen molar-refractivity contribution in [1.82, 2.24) is 14.7 Å². The molecule has 2 N–H and O–H groups in total. The van der Waals surface area contributed by atoms with E-state index in [4.69, 9.17) is 0 Å². The van der Waals surface area contributed by atoms with Crippen molar-refractivity contribution in [2.24, 2.45) is 0 Å². The van der Waals surface area contributed by atoms with Gasteiger partial charge in [0.2, 0.25) is 0 Å². The summed E-state index contributed by atoms with van der Waals surface area (Å²) in [6, 6.07) is 5.55. The fraction of sp³-hybridized carbons (Fsp3) is 0.286. The van der Waals surface area contributed by atoms with E-state index in [-0.39, 0.29) is 5.56 Å². The van der Waals surface area contributed by atoms with Gasteiger partial charge in [0.05, 0.1) is 11.2 Å². The Kier molecular flexibility index (Phi) is 3.45. The maximum atomic E-state index is 12.7. The van der Waals surface area contributed by atoms with E-state index in [1.807, 2.05) is 19.2 Å². The van der Waals surface area contributed by atoms with Crippen LogP contribution in [0, 0.1) is 6.92 Å². The third kappa shape index (κ3) is 2.48. The number of hydrogen-bond acceptors (Lipinski definition) is 4. The van der Waals surface area contributed by atoms with Crippen molar-refractivity contribution in [3.8, 4) is 11.3 Å². The Morgan fingerprint density at radius 3 is 2.78 bits per heavy atom. The summed E-state index contributed by atoms with van der Waals surface area (Å²) >= 11 is 0. The smallest absolute Gasteiger partial charge is 0.341 e. The Balaban J connectivity index is 1.78. The lowest BCUT2D eigenvalue weighted by Gasteiger charge is -2.15. The Morgan fingerprint density at radius 1 is 1.26 bits per heavy atom. The molecule has 2 aliphatic rings. The number of aromatic carboxylic acids is 1. The van der Waals surface area contributed by atoms with Crippen LogP contribution in [0.1, 0.15) is 51.4 Å². The number of hydrogen-bond donors (Lipinski definition) is 2. The minimum absolute atomic E-state index is 0.164. The molecule has 27 heavy (non-hydrogen) atoms. The first-order valence-corrected chi connectivity index (χ1v) is 9.15. The van der Waals surface area contributed by atoms with Gasteiger partial charge in [-0.25, -0.2) is 4.79 Å². The Morgan fingerprint density at radius 2 is 2.04 bits per heavy atom. The number of carbonyl (C=O) groups is 1. The number of rotatable bonds is 3. The van der Waals surface area contributed by atoms with E-state index in [0.29, 0.717) is 5.92 Å². The van der Waals surface area contributed by atoms with Crippen molar-refractivity contribution in [1.29, 1.82) is 0 Å². The van der Waals surface area contributed by atoms with Gasteiger partial charge in [-0.15, -0.1) is 0 Å². The second-order valence-electron chi connectivity index (χ2n) is 7.41. The van der Waals surface area contributed by atoms with Crippen molar-refractivity contribution in [2.45, 2.75) is 38.8 Å². The number of carboxylic acid groups (broad SMARTS) is 1. The lowest BCUT2D eigenvalue weighted by atomic mass is 9.98. The molecule has 1 saturated carbocycles. The van der Waals surface area contributed by atoms with Gasteiger partial charge in [0.15, 0.2) is 0 Å². The molecule has 3 aromatic heterocycles. The van der Waals surface area contributed by atoms with Crippen LogP contribution in [0.3, 0.4) is 0 Å². The van der Waals surface area contributed by atoms with Gasteiger partial charge < -0.3 is 10.4 Å². The first-order valence-electron chi connectivity index (χ1n) is 9.15. The quantitative estimate of drug-likeness (QED) is 0.749. The Bertz CT molecular complexity index is 1180. The molecule has 136 valence electrons. The van der Waals surface area contributed by atoms with Gasteiger partial charge in [-0.05, 0) is 66.1 Å². The van der Waals surface area contributed by atoms with E-state index >= 15 is 0 Å². The summed E-state index contributed by atoms with van der Waals surface area (Å²) in [6.45, 7) is 3.67. The van der Waals surface area contributed by atoms with Crippen LogP contribution in [-0.4, -0.2) is 20.5 Å². The lowest BCUT2D eigenvalue weighted by Crippen LogP contribution is -2.23. The Labute approximate surface area is 155 Å². The number of nitrogens with one attached hydrogen (secondary N) is 1. The standard InChI is InChI=1S/C21H19N3O3/c1-11-15(18-6-13-8-22-9-14(13)10-23-18)4-5-24-19(11)16(12-2-3-12)7-17(20(24)25)21(26)27/h4-7,10,12,22H,2-3,8-9H2,1H3,(H,26,27). The van der Waals surface area contributed by atoms with Gasteiger partial charge in [-0.3, -0.25) is 14.2 Å². The first-order chi connectivity index (χ1) is 13.0. The first kappa shape index (κ1) is 16.2. The van der Waals surface area contributed by atoms with Gasteiger partial charge in [0.25, 0.3) is 5.56 Å². The predicted octanol–water partition coefficient (Wildman–Crippen LogP) is 2.85. The molecule has 0 aromatic carbocycles. The van der Waals surface area contributed by atoms with Crippen LogP contribution in [0.2, 0.25) is 0 Å². The molecule has 0 unspecified atom stereocenters. The Hall–Kier alpha value is -2.99. The van der Waals surface area contributed by atoms with Crippen LogP contribution in [0.15, 0.2) is 35.4 Å². The predicted molar refractivity (Wildman–Crippen MR) is 101 cm³/mol. The molecule has 3 aromatic rings. The normalized spacial score (nSPS) is 15.9. The number of fused-ring (bicyclic) bond motifs is 2. The molecular weight excluding hydrogens is 342 g/mol. The molecule has 1 fully saturated rings. The summed E-state index contributed by atoms with van der Waals surface area (Å²) in [5.41, 5.74) is 6.43. The molecule has 0 spiro atoms. The van der Waals surface area contributed by atoms with E-state index < -0.39 is 11.5 Å². The molecule has 1 aliphatic carbocycles. The zero-order valence-electron chi connectivity index (χ0n) is 15.0. The molecular formula is C21H19N3O3. The van der Waals surface area contributed by atoms with Gasteiger partial charge in [-0.1, -0.05) is 0 Å². The van der Waals surface area contributed by atoms with E-state index in [0.717, 1.165) is 53.8 Å². The average Bonchev–Trinajstić information content (AvgIpc) is 3.39. The topological polar surface area (TPSA) is 83.7 Å². The number of pyridine rings is 3. The fourth-order valence-electron chi connectivity index (χ4n) is 4.06. The molecule has 6 heteroatoms. The van der Waals surface area contributed by atoms with E-state index in [2.05, 4.69) is 16.4 Å². The number of nitrogens with zero attached hydrogens (tertiary/aromatic N) is 2. The number of carboxylic acids is 1. The molecule has 1 aliphatic heterocycles. The van der Waals surface area contributed by atoms with Gasteiger partial charge in [-0.2, -0.15) is 0 Å². The van der Waals surface area contributed by atoms with Crippen molar-refractivity contribution in [3.05, 3.63) is 68.8 Å². The van der Waals surface area contributed by atoms with E-state index in [1.165, 1.54) is 15.5 Å². The summed E-state index contributed by atoms with van der Waals surface area (Å²) in [4.78, 5) is 28.8. The van der Waals surface area contributed by atoms with E-state index in [9.17, 15) is 14.7 Å². The second-order valence-corrected chi connectivity index (χ2v) is 7.41. The fourth-order valence-corrected chi connectivity index (χ4v) is 4.06. The molecule has 5 rings (SSSR count). The summed E-state index contributed by atoms with van der Waals surface area (Å²) < 4.78 is 1.49. The van der Waals surface area contributed by atoms with Crippen LogP contribution in [-0.2, 0) is 13.1 Å². The summed E-state index contributed by atoms with van der Waals surface area (Å²) in [7, 11) is 0. The van der Waals surface area contributed by atoms with Crippen LogP contribution in [0.5, 0.6) is 0 Å².